The molecule has 4 nitrogen and oxygen atoms in total. The third-order valence-corrected chi connectivity index (χ3v) is 4.90. The summed E-state index contributed by atoms with van der Waals surface area (Å²) >= 11 is 0. The molecule has 2 fully saturated rings. The van der Waals surface area contributed by atoms with Gasteiger partial charge in [0.1, 0.15) is 12.1 Å². The Hall–Kier alpha value is -2.10. The van der Waals surface area contributed by atoms with Crippen LogP contribution in [0.2, 0.25) is 0 Å². The van der Waals surface area contributed by atoms with Crippen molar-refractivity contribution in [3.8, 4) is 0 Å². The maximum atomic E-state index is 5.78. The lowest BCUT2D eigenvalue weighted by molar-refractivity contribution is 0.502. The molecule has 1 saturated carbocycles. The highest BCUT2D eigenvalue weighted by Gasteiger charge is 2.27. The molecule has 1 aliphatic carbocycles. The lowest BCUT2D eigenvalue weighted by Gasteiger charge is -2.33. The van der Waals surface area contributed by atoms with Crippen LogP contribution in [0.5, 0.6) is 0 Å². The van der Waals surface area contributed by atoms with Gasteiger partial charge in [0.15, 0.2) is 0 Å². The molecule has 22 heavy (non-hydrogen) atoms. The maximum Gasteiger partial charge on any atom is 0.132 e. The van der Waals surface area contributed by atoms with E-state index in [0.29, 0.717) is 11.8 Å². The van der Waals surface area contributed by atoms with E-state index in [2.05, 4.69) is 33.1 Å². The Kier molecular flexibility index (Phi) is 3.45. The standard InChI is InChI=1S/C18H22N4/c19-16-5-3-13(4-6-16)14-7-9-22(10-8-14)18-11-17(15-1-2-15)20-12-21-18/h3-6,11-12,14-15H,1-2,7-10,19H2. The molecule has 1 aliphatic heterocycles. The first-order valence-corrected chi connectivity index (χ1v) is 8.22. The number of rotatable bonds is 3. The second-order valence-corrected chi connectivity index (χ2v) is 6.50. The van der Waals surface area contributed by atoms with Gasteiger partial charge in [0.05, 0.1) is 0 Å². The van der Waals surface area contributed by atoms with E-state index in [0.717, 1.165) is 24.6 Å². The van der Waals surface area contributed by atoms with E-state index < -0.39 is 0 Å². The molecule has 2 N–H and O–H groups in total. The number of hydrogen-bond acceptors (Lipinski definition) is 4. The van der Waals surface area contributed by atoms with Crippen molar-refractivity contribution in [2.75, 3.05) is 23.7 Å². The summed E-state index contributed by atoms with van der Waals surface area (Å²) in [5, 5.41) is 0. The van der Waals surface area contributed by atoms with Gasteiger partial charge in [-0.15, -0.1) is 0 Å². The summed E-state index contributed by atoms with van der Waals surface area (Å²) in [6, 6.07) is 10.6. The number of anilines is 2. The number of hydrogen-bond donors (Lipinski definition) is 1. The van der Waals surface area contributed by atoms with E-state index >= 15 is 0 Å². The van der Waals surface area contributed by atoms with Gasteiger partial charge < -0.3 is 10.6 Å². The predicted molar refractivity (Wildman–Crippen MR) is 89.0 cm³/mol. The first-order chi connectivity index (χ1) is 10.8. The number of nitrogens with zero attached hydrogens (tertiary/aromatic N) is 3. The third-order valence-electron chi connectivity index (χ3n) is 4.90. The normalized spacial score (nSPS) is 19.4. The van der Waals surface area contributed by atoms with Crippen molar-refractivity contribution >= 4 is 11.5 Å². The lowest BCUT2D eigenvalue weighted by Crippen LogP contribution is -2.33. The van der Waals surface area contributed by atoms with Crippen LogP contribution >= 0.6 is 0 Å². The maximum absolute atomic E-state index is 5.78. The molecule has 4 rings (SSSR count). The summed E-state index contributed by atoms with van der Waals surface area (Å²) in [5.41, 5.74) is 9.26. The third kappa shape index (κ3) is 2.78. The summed E-state index contributed by atoms with van der Waals surface area (Å²) in [5.74, 6) is 2.43. The number of nitrogen functional groups attached to an aromatic ring is 1. The van der Waals surface area contributed by atoms with Gasteiger partial charge in [-0.1, -0.05) is 12.1 Å². The van der Waals surface area contributed by atoms with Crippen LogP contribution in [0.1, 0.15) is 48.8 Å². The molecule has 0 amide bonds. The van der Waals surface area contributed by atoms with Crippen LogP contribution < -0.4 is 10.6 Å². The highest BCUT2D eigenvalue weighted by molar-refractivity contribution is 5.43. The van der Waals surface area contributed by atoms with Gasteiger partial charge in [-0.2, -0.15) is 0 Å². The van der Waals surface area contributed by atoms with Crippen molar-refractivity contribution in [3.63, 3.8) is 0 Å². The summed E-state index contributed by atoms with van der Waals surface area (Å²) in [6.45, 7) is 2.13. The smallest absolute Gasteiger partial charge is 0.132 e. The second kappa shape index (κ2) is 5.59. The number of piperidine rings is 1. The van der Waals surface area contributed by atoms with Gasteiger partial charge in [-0.05, 0) is 49.3 Å². The van der Waals surface area contributed by atoms with Crippen LogP contribution in [0.4, 0.5) is 11.5 Å². The Morgan fingerprint density at radius 1 is 0.909 bits per heavy atom. The van der Waals surface area contributed by atoms with Gasteiger partial charge in [0, 0.05) is 36.5 Å². The van der Waals surface area contributed by atoms with Crippen molar-refractivity contribution in [3.05, 3.63) is 47.9 Å². The Balaban J connectivity index is 1.43. The fourth-order valence-corrected chi connectivity index (χ4v) is 3.35. The fourth-order valence-electron chi connectivity index (χ4n) is 3.35. The van der Waals surface area contributed by atoms with Crippen LogP contribution in [0, 0.1) is 0 Å². The minimum Gasteiger partial charge on any atom is -0.399 e. The first kappa shape index (κ1) is 13.6. The molecule has 1 saturated heterocycles. The monoisotopic (exact) mass is 294 g/mol. The van der Waals surface area contributed by atoms with E-state index in [1.54, 1.807) is 6.33 Å². The molecule has 2 aromatic rings. The molecule has 2 aliphatic rings. The molecule has 0 radical (unpaired) electrons. The lowest BCUT2D eigenvalue weighted by atomic mass is 9.89. The Morgan fingerprint density at radius 3 is 2.32 bits per heavy atom. The van der Waals surface area contributed by atoms with Crippen LogP contribution in [0.15, 0.2) is 36.7 Å². The van der Waals surface area contributed by atoms with Gasteiger partial charge in [-0.25, -0.2) is 9.97 Å². The molecule has 1 aromatic heterocycles. The zero-order valence-corrected chi connectivity index (χ0v) is 12.8. The largest absolute Gasteiger partial charge is 0.399 e. The minimum atomic E-state index is 0.640. The average molecular weight is 294 g/mol. The molecule has 2 heterocycles. The SMILES string of the molecule is Nc1ccc(C2CCN(c3cc(C4CC4)ncn3)CC2)cc1. The van der Waals surface area contributed by atoms with Gasteiger partial charge >= 0.3 is 0 Å². The number of nitrogens with two attached hydrogens (primary N) is 1. The summed E-state index contributed by atoms with van der Waals surface area (Å²) in [4.78, 5) is 11.3. The van der Waals surface area contributed by atoms with E-state index in [9.17, 15) is 0 Å². The van der Waals surface area contributed by atoms with E-state index in [-0.39, 0.29) is 0 Å². The highest BCUT2D eigenvalue weighted by atomic mass is 15.2. The number of aromatic nitrogens is 2. The Bertz CT molecular complexity index is 640. The molecule has 114 valence electrons. The van der Waals surface area contributed by atoms with E-state index in [1.807, 2.05) is 12.1 Å². The fraction of sp³-hybridized carbons (Fsp3) is 0.444. The van der Waals surface area contributed by atoms with Gasteiger partial charge in [-0.3, -0.25) is 0 Å². The molecule has 4 heteroatoms. The molecule has 0 bridgehead atoms. The average Bonchev–Trinajstić information content (AvgIpc) is 3.41. The van der Waals surface area contributed by atoms with Crippen LogP contribution in [-0.4, -0.2) is 23.1 Å². The molecule has 1 aromatic carbocycles. The van der Waals surface area contributed by atoms with Crippen molar-refractivity contribution in [1.29, 1.82) is 0 Å². The Morgan fingerprint density at radius 2 is 1.64 bits per heavy atom. The molecular formula is C18H22N4. The van der Waals surface area contributed by atoms with E-state index in [1.165, 1.54) is 36.9 Å². The molecule has 0 spiro atoms. The molecule has 0 unspecified atom stereocenters. The first-order valence-electron chi connectivity index (χ1n) is 8.22. The van der Waals surface area contributed by atoms with Crippen molar-refractivity contribution in [2.45, 2.75) is 37.5 Å². The van der Waals surface area contributed by atoms with Crippen molar-refractivity contribution in [2.24, 2.45) is 0 Å². The summed E-state index contributed by atoms with van der Waals surface area (Å²) in [6.07, 6.45) is 6.65. The summed E-state index contributed by atoms with van der Waals surface area (Å²) < 4.78 is 0. The highest BCUT2D eigenvalue weighted by Crippen LogP contribution is 2.39. The van der Waals surface area contributed by atoms with Crippen LogP contribution in [0.25, 0.3) is 0 Å². The molecule has 0 atom stereocenters. The zero-order valence-electron chi connectivity index (χ0n) is 12.8. The molecular weight excluding hydrogens is 272 g/mol. The topological polar surface area (TPSA) is 55.0 Å². The van der Waals surface area contributed by atoms with Crippen LogP contribution in [-0.2, 0) is 0 Å². The van der Waals surface area contributed by atoms with Crippen molar-refractivity contribution in [1.82, 2.24) is 9.97 Å². The van der Waals surface area contributed by atoms with Crippen molar-refractivity contribution < 1.29 is 0 Å². The van der Waals surface area contributed by atoms with Gasteiger partial charge in [0.25, 0.3) is 0 Å². The quantitative estimate of drug-likeness (QED) is 0.882. The summed E-state index contributed by atoms with van der Waals surface area (Å²) in [7, 11) is 0. The van der Waals surface area contributed by atoms with Gasteiger partial charge in [0.2, 0.25) is 0 Å². The number of benzene rings is 1. The minimum absolute atomic E-state index is 0.640. The predicted octanol–water partition coefficient (Wildman–Crippen LogP) is 3.32. The second-order valence-electron chi connectivity index (χ2n) is 6.50. The Labute approximate surface area is 131 Å². The zero-order chi connectivity index (χ0) is 14.9. The van der Waals surface area contributed by atoms with Crippen LogP contribution in [0.3, 0.4) is 0 Å². The van der Waals surface area contributed by atoms with E-state index in [4.69, 9.17) is 5.73 Å².